The summed E-state index contributed by atoms with van der Waals surface area (Å²) in [5, 5.41) is 15.0. The van der Waals surface area contributed by atoms with Crippen molar-refractivity contribution >= 4 is 16.8 Å². The lowest BCUT2D eigenvalue weighted by atomic mass is 10.3. The van der Waals surface area contributed by atoms with E-state index in [0.29, 0.717) is 23.5 Å². The Bertz CT molecular complexity index is 839. The maximum absolute atomic E-state index is 10.8. The summed E-state index contributed by atoms with van der Waals surface area (Å²) >= 11 is 0. The molecule has 0 N–H and O–H groups in total. The van der Waals surface area contributed by atoms with Crippen LogP contribution in [0.3, 0.4) is 0 Å². The summed E-state index contributed by atoms with van der Waals surface area (Å²) in [5.74, 6) is 0.533. The van der Waals surface area contributed by atoms with Gasteiger partial charge in [-0.15, -0.1) is 0 Å². The smallest absolute Gasteiger partial charge is 0.271 e. The van der Waals surface area contributed by atoms with Crippen molar-refractivity contribution in [1.29, 1.82) is 0 Å². The SMILES string of the molecule is CCn1cc(CN(C)Cc2nc3cc([N+](=O)[O-])ccc3o2)cn1. The molecule has 0 bridgehead atoms. The maximum Gasteiger partial charge on any atom is 0.271 e. The van der Waals surface area contributed by atoms with Crippen LogP contribution in [0.1, 0.15) is 18.4 Å². The molecule has 0 saturated carbocycles. The molecule has 0 aliphatic carbocycles. The monoisotopic (exact) mass is 315 g/mol. The van der Waals surface area contributed by atoms with Gasteiger partial charge in [0.1, 0.15) is 5.52 Å². The largest absolute Gasteiger partial charge is 0.439 e. The summed E-state index contributed by atoms with van der Waals surface area (Å²) < 4.78 is 7.52. The maximum atomic E-state index is 10.8. The number of hydrogen-bond acceptors (Lipinski definition) is 6. The molecule has 0 atom stereocenters. The predicted octanol–water partition coefficient (Wildman–Crippen LogP) is 2.58. The van der Waals surface area contributed by atoms with E-state index >= 15 is 0 Å². The Morgan fingerprint density at radius 3 is 2.91 bits per heavy atom. The molecule has 120 valence electrons. The number of nitro benzene ring substituents is 1. The Labute approximate surface area is 132 Å². The van der Waals surface area contributed by atoms with E-state index in [1.165, 1.54) is 12.1 Å². The van der Waals surface area contributed by atoms with Gasteiger partial charge >= 0.3 is 0 Å². The van der Waals surface area contributed by atoms with Crippen molar-refractivity contribution < 1.29 is 9.34 Å². The van der Waals surface area contributed by atoms with Crippen LogP contribution in [0.15, 0.2) is 35.0 Å². The standard InChI is InChI=1S/C15H17N5O3/c1-3-19-9-11(7-16-19)8-18(2)10-15-17-13-6-12(20(21)22)4-5-14(13)23-15/h4-7,9H,3,8,10H2,1-2H3. The minimum Gasteiger partial charge on any atom is -0.439 e. The van der Waals surface area contributed by atoms with Crippen LogP contribution in [-0.4, -0.2) is 31.6 Å². The number of oxazole rings is 1. The van der Waals surface area contributed by atoms with Crippen molar-refractivity contribution in [2.45, 2.75) is 26.6 Å². The van der Waals surface area contributed by atoms with Crippen LogP contribution in [0.25, 0.3) is 11.1 Å². The van der Waals surface area contributed by atoms with Gasteiger partial charge in [-0.1, -0.05) is 0 Å². The van der Waals surface area contributed by atoms with E-state index in [-0.39, 0.29) is 5.69 Å². The first kappa shape index (κ1) is 15.2. The van der Waals surface area contributed by atoms with Crippen LogP contribution in [0.5, 0.6) is 0 Å². The molecule has 3 aromatic rings. The zero-order valence-corrected chi connectivity index (χ0v) is 13.0. The second kappa shape index (κ2) is 6.17. The van der Waals surface area contributed by atoms with Gasteiger partial charge in [0.25, 0.3) is 5.69 Å². The third-order valence-electron chi connectivity index (χ3n) is 3.49. The van der Waals surface area contributed by atoms with Gasteiger partial charge in [0, 0.05) is 37.0 Å². The van der Waals surface area contributed by atoms with Crippen LogP contribution in [-0.2, 0) is 19.6 Å². The molecule has 0 radical (unpaired) electrons. The molecule has 2 aromatic heterocycles. The lowest BCUT2D eigenvalue weighted by Gasteiger charge is -2.12. The number of rotatable bonds is 6. The van der Waals surface area contributed by atoms with Gasteiger partial charge < -0.3 is 4.42 Å². The van der Waals surface area contributed by atoms with Gasteiger partial charge in [-0.05, 0) is 20.0 Å². The lowest BCUT2D eigenvalue weighted by molar-refractivity contribution is -0.384. The summed E-state index contributed by atoms with van der Waals surface area (Å²) in [7, 11) is 1.96. The Morgan fingerprint density at radius 1 is 1.39 bits per heavy atom. The summed E-state index contributed by atoms with van der Waals surface area (Å²) in [6.07, 6.45) is 3.85. The second-order valence-electron chi connectivity index (χ2n) is 5.39. The van der Waals surface area contributed by atoms with E-state index in [1.807, 2.05) is 31.0 Å². The number of hydrogen-bond donors (Lipinski definition) is 0. The zero-order chi connectivity index (χ0) is 16.4. The van der Waals surface area contributed by atoms with Crippen molar-refractivity contribution in [1.82, 2.24) is 19.7 Å². The van der Waals surface area contributed by atoms with Gasteiger partial charge in [0.2, 0.25) is 5.89 Å². The van der Waals surface area contributed by atoms with Gasteiger partial charge in [0.05, 0.1) is 17.7 Å². The second-order valence-corrected chi connectivity index (χ2v) is 5.39. The molecule has 0 aliphatic heterocycles. The fourth-order valence-corrected chi connectivity index (χ4v) is 2.40. The first-order chi connectivity index (χ1) is 11.0. The molecule has 0 aliphatic rings. The van der Waals surface area contributed by atoms with Crippen LogP contribution >= 0.6 is 0 Å². The molecule has 0 amide bonds. The lowest BCUT2D eigenvalue weighted by Crippen LogP contribution is -2.17. The number of fused-ring (bicyclic) bond motifs is 1. The van der Waals surface area contributed by atoms with E-state index in [2.05, 4.69) is 15.0 Å². The Morgan fingerprint density at radius 2 is 2.22 bits per heavy atom. The number of non-ortho nitro benzene ring substituents is 1. The highest BCUT2D eigenvalue weighted by atomic mass is 16.6. The summed E-state index contributed by atoms with van der Waals surface area (Å²) in [6, 6.07) is 4.42. The predicted molar refractivity (Wildman–Crippen MR) is 83.7 cm³/mol. The molecule has 0 saturated heterocycles. The topological polar surface area (TPSA) is 90.2 Å². The van der Waals surface area contributed by atoms with E-state index in [1.54, 1.807) is 6.07 Å². The average Bonchev–Trinajstić information content (AvgIpc) is 3.11. The number of nitrogens with zero attached hydrogens (tertiary/aromatic N) is 5. The molecule has 23 heavy (non-hydrogen) atoms. The third kappa shape index (κ3) is 3.37. The highest BCUT2D eigenvalue weighted by Crippen LogP contribution is 2.22. The zero-order valence-electron chi connectivity index (χ0n) is 13.0. The van der Waals surface area contributed by atoms with Gasteiger partial charge in [0.15, 0.2) is 5.58 Å². The quantitative estimate of drug-likeness (QED) is 0.513. The molecule has 3 rings (SSSR count). The third-order valence-corrected chi connectivity index (χ3v) is 3.49. The summed E-state index contributed by atoms with van der Waals surface area (Å²) in [4.78, 5) is 16.7. The molecule has 8 heteroatoms. The van der Waals surface area contributed by atoms with Gasteiger partial charge in [-0.2, -0.15) is 5.10 Å². The Hall–Kier alpha value is -2.74. The number of nitro groups is 1. The molecule has 0 fully saturated rings. The van der Waals surface area contributed by atoms with Crippen LogP contribution in [0.2, 0.25) is 0 Å². The van der Waals surface area contributed by atoms with Gasteiger partial charge in [-0.3, -0.25) is 19.7 Å². The van der Waals surface area contributed by atoms with Crippen molar-refractivity contribution in [3.63, 3.8) is 0 Å². The van der Waals surface area contributed by atoms with E-state index in [0.717, 1.165) is 18.7 Å². The summed E-state index contributed by atoms with van der Waals surface area (Å²) in [5.41, 5.74) is 2.18. The molecule has 8 nitrogen and oxygen atoms in total. The van der Waals surface area contributed by atoms with E-state index in [4.69, 9.17) is 4.42 Å². The average molecular weight is 315 g/mol. The minimum absolute atomic E-state index is 0.0117. The van der Waals surface area contributed by atoms with Crippen LogP contribution < -0.4 is 0 Å². The minimum atomic E-state index is -0.439. The number of benzene rings is 1. The molecule has 0 unspecified atom stereocenters. The first-order valence-electron chi connectivity index (χ1n) is 7.29. The fraction of sp³-hybridized carbons (Fsp3) is 0.333. The summed E-state index contributed by atoms with van der Waals surface area (Å²) in [6.45, 7) is 4.12. The Balaban J connectivity index is 1.71. The molecule has 2 heterocycles. The van der Waals surface area contributed by atoms with Crippen LogP contribution in [0.4, 0.5) is 5.69 Å². The van der Waals surface area contributed by atoms with Crippen LogP contribution in [0, 0.1) is 10.1 Å². The highest BCUT2D eigenvalue weighted by molar-refractivity contribution is 5.75. The highest BCUT2D eigenvalue weighted by Gasteiger charge is 2.13. The van der Waals surface area contributed by atoms with E-state index < -0.39 is 4.92 Å². The molecular formula is C15H17N5O3. The van der Waals surface area contributed by atoms with E-state index in [9.17, 15) is 10.1 Å². The van der Waals surface area contributed by atoms with Crippen molar-refractivity contribution in [3.05, 3.63) is 52.2 Å². The molecule has 1 aromatic carbocycles. The number of aryl methyl sites for hydroxylation is 1. The molecule has 0 spiro atoms. The van der Waals surface area contributed by atoms with Gasteiger partial charge in [-0.25, -0.2) is 4.98 Å². The molecular weight excluding hydrogens is 298 g/mol. The van der Waals surface area contributed by atoms with Crippen molar-refractivity contribution in [2.24, 2.45) is 0 Å². The normalized spacial score (nSPS) is 11.4. The Kier molecular flexibility index (Phi) is 4.07. The number of aromatic nitrogens is 3. The first-order valence-corrected chi connectivity index (χ1v) is 7.29. The van der Waals surface area contributed by atoms with Crippen molar-refractivity contribution in [3.8, 4) is 0 Å². The fourth-order valence-electron chi connectivity index (χ4n) is 2.40. The van der Waals surface area contributed by atoms with Crippen molar-refractivity contribution in [2.75, 3.05) is 7.05 Å².